The highest BCUT2D eigenvalue weighted by Crippen LogP contribution is 2.31. The fourth-order valence-corrected chi connectivity index (χ4v) is 4.53. The van der Waals surface area contributed by atoms with Crippen LogP contribution in [0.25, 0.3) is 16.5 Å². The number of benzene rings is 2. The van der Waals surface area contributed by atoms with Gasteiger partial charge in [-0.25, -0.2) is 4.79 Å². The van der Waals surface area contributed by atoms with E-state index in [1.54, 1.807) is 60.8 Å². The van der Waals surface area contributed by atoms with E-state index >= 15 is 0 Å². The van der Waals surface area contributed by atoms with Crippen molar-refractivity contribution in [2.75, 3.05) is 25.6 Å². The molecule has 0 atom stereocenters. The minimum atomic E-state index is -0.663. The standard InChI is InChI=1S/C27H27N3O6S/c1-4-6-15-36-20-11-7-17(8-12-20)24(31)28-25-22-21(16-37-25)23(27(33)35-5-2)29-30(26(22)32)18-9-13-19(34-3)14-10-18/h7-14,16H,4-6,15H2,1-3H3,(H,28,31). The summed E-state index contributed by atoms with van der Waals surface area (Å²) in [6, 6.07) is 13.5. The highest BCUT2D eigenvalue weighted by Gasteiger charge is 2.23. The maximum atomic E-state index is 13.5. The fraction of sp³-hybridized carbons (Fsp3) is 0.259. The third kappa shape index (κ3) is 5.64. The van der Waals surface area contributed by atoms with Crippen LogP contribution >= 0.6 is 11.3 Å². The third-order valence-electron chi connectivity index (χ3n) is 5.55. The number of amides is 1. The Kier molecular flexibility index (Phi) is 8.19. The van der Waals surface area contributed by atoms with Gasteiger partial charge in [0.2, 0.25) is 0 Å². The van der Waals surface area contributed by atoms with Crippen LogP contribution in [0.2, 0.25) is 0 Å². The van der Waals surface area contributed by atoms with Crippen LogP contribution in [-0.2, 0) is 4.74 Å². The number of fused-ring (bicyclic) bond motifs is 1. The number of rotatable bonds is 10. The molecule has 4 rings (SSSR count). The van der Waals surface area contributed by atoms with E-state index in [-0.39, 0.29) is 17.7 Å². The fourth-order valence-electron chi connectivity index (χ4n) is 3.60. The van der Waals surface area contributed by atoms with Crippen LogP contribution in [0.15, 0.2) is 58.7 Å². The van der Waals surface area contributed by atoms with Crippen LogP contribution in [0.1, 0.15) is 47.5 Å². The van der Waals surface area contributed by atoms with Crippen LogP contribution in [0.3, 0.4) is 0 Å². The first-order chi connectivity index (χ1) is 18.0. The van der Waals surface area contributed by atoms with Crippen molar-refractivity contribution in [3.63, 3.8) is 0 Å². The molecule has 192 valence electrons. The molecule has 0 radical (unpaired) electrons. The molecule has 2 aromatic carbocycles. The monoisotopic (exact) mass is 521 g/mol. The predicted octanol–water partition coefficient (Wildman–Crippen LogP) is 5.06. The largest absolute Gasteiger partial charge is 0.497 e. The summed E-state index contributed by atoms with van der Waals surface area (Å²) in [5, 5.41) is 9.53. The number of unbranched alkanes of at least 4 members (excludes halogenated alkanes) is 1. The van der Waals surface area contributed by atoms with Gasteiger partial charge >= 0.3 is 5.97 Å². The van der Waals surface area contributed by atoms with Gasteiger partial charge in [0.05, 0.1) is 31.4 Å². The zero-order valence-electron chi connectivity index (χ0n) is 20.8. The number of carbonyl (C=O) groups excluding carboxylic acids is 2. The van der Waals surface area contributed by atoms with E-state index in [1.807, 2.05) is 0 Å². The van der Waals surface area contributed by atoms with Gasteiger partial charge < -0.3 is 19.5 Å². The molecule has 1 amide bonds. The number of esters is 1. The topological polar surface area (TPSA) is 109 Å². The molecule has 2 heterocycles. The smallest absolute Gasteiger partial charge is 0.359 e. The second-order valence-corrected chi connectivity index (χ2v) is 8.90. The number of aromatic nitrogens is 2. The number of anilines is 1. The SMILES string of the molecule is CCCCOc1ccc(C(=O)Nc2scc3c(C(=O)OCC)nn(-c4ccc(OC)cc4)c(=O)c23)cc1. The highest BCUT2D eigenvalue weighted by molar-refractivity contribution is 7.16. The molecule has 0 aliphatic heterocycles. The quantitative estimate of drug-likeness (QED) is 0.229. The van der Waals surface area contributed by atoms with E-state index in [0.29, 0.717) is 39.7 Å². The van der Waals surface area contributed by atoms with Crippen molar-refractivity contribution in [2.24, 2.45) is 0 Å². The lowest BCUT2D eigenvalue weighted by Crippen LogP contribution is -2.25. The van der Waals surface area contributed by atoms with Crippen molar-refractivity contribution >= 4 is 39.0 Å². The molecule has 9 nitrogen and oxygen atoms in total. The van der Waals surface area contributed by atoms with E-state index in [9.17, 15) is 14.4 Å². The minimum absolute atomic E-state index is 0.0161. The molecule has 0 aliphatic rings. The third-order valence-corrected chi connectivity index (χ3v) is 6.44. The lowest BCUT2D eigenvalue weighted by molar-refractivity contribution is 0.0520. The molecule has 0 aliphatic carbocycles. The van der Waals surface area contributed by atoms with Gasteiger partial charge in [-0.15, -0.1) is 11.3 Å². The summed E-state index contributed by atoms with van der Waals surface area (Å²) in [5.74, 6) is 0.228. The maximum Gasteiger partial charge on any atom is 0.359 e. The van der Waals surface area contributed by atoms with Gasteiger partial charge in [-0.05, 0) is 61.9 Å². The molecule has 0 fully saturated rings. The molecule has 1 N–H and O–H groups in total. The van der Waals surface area contributed by atoms with Crippen molar-refractivity contribution in [3.8, 4) is 17.2 Å². The second-order valence-electron chi connectivity index (χ2n) is 8.02. The average Bonchev–Trinajstić information content (AvgIpc) is 3.33. The molecule has 0 saturated carbocycles. The van der Waals surface area contributed by atoms with Crippen LogP contribution in [0.4, 0.5) is 5.00 Å². The number of carbonyl (C=O) groups is 2. The average molecular weight is 522 g/mol. The van der Waals surface area contributed by atoms with Gasteiger partial charge in [0.15, 0.2) is 5.69 Å². The Bertz CT molecular complexity index is 1460. The number of thiophene rings is 1. The molecule has 10 heteroatoms. The van der Waals surface area contributed by atoms with Crippen LogP contribution in [-0.4, -0.2) is 42.0 Å². The second kappa shape index (κ2) is 11.7. The summed E-state index contributed by atoms with van der Waals surface area (Å²) in [7, 11) is 1.54. The van der Waals surface area contributed by atoms with Gasteiger partial charge in [0, 0.05) is 16.3 Å². The predicted molar refractivity (Wildman–Crippen MR) is 143 cm³/mol. The minimum Gasteiger partial charge on any atom is -0.497 e. The molecular formula is C27H27N3O6S. The van der Waals surface area contributed by atoms with Crippen LogP contribution < -0.4 is 20.3 Å². The number of hydrogen-bond acceptors (Lipinski definition) is 8. The Hall–Kier alpha value is -4.18. The zero-order chi connectivity index (χ0) is 26.4. The van der Waals surface area contributed by atoms with Gasteiger partial charge in [0.1, 0.15) is 16.5 Å². The van der Waals surface area contributed by atoms with E-state index in [4.69, 9.17) is 14.2 Å². The van der Waals surface area contributed by atoms with Gasteiger partial charge in [-0.2, -0.15) is 9.78 Å². The first-order valence-electron chi connectivity index (χ1n) is 11.9. The normalized spacial score (nSPS) is 10.8. The molecule has 0 spiro atoms. The Morgan fingerprint density at radius 2 is 1.73 bits per heavy atom. The number of nitrogens with one attached hydrogen (secondary N) is 1. The lowest BCUT2D eigenvalue weighted by Gasteiger charge is -2.10. The summed E-state index contributed by atoms with van der Waals surface area (Å²) in [6.07, 6.45) is 1.98. The lowest BCUT2D eigenvalue weighted by atomic mass is 10.2. The van der Waals surface area contributed by atoms with E-state index in [1.165, 1.54) is 7.11 Å². The number of ether oxygens (including phenoxy) is 3. The van der Waals surface area contributed by atoms with Gasteiger partial charge in [-0.1, -0.05) is 13.3 Å². The van der Waals surface area contributed by atoms with E-state index in [2.05, 4.69) is 17.3 Å². The Labute approximate surface area is 217 Å². The Balaban J connectivity index is 1.71. The molecule has 0 bridgehead atoms. The highest BCUT2D eigenvalue weighted by atomic mass is 32.1. The van der Waals surface area contributed by atoms with E-state index < -0.39 is 17.4 Å². The summed E-state index contributed by atoms with van der Waals surface area (Å²) >= 11 is 1.14. The van der Waals surface area contributed by atoms with Gasteiger partial charge in [0.25, 0.3) is 11.5 Å². The Morgan fingerprint density at radius 1 is 1.03 bits per heavy atom. The molecule has 2 aromatic heterocycles. The zero-order valence-corrected chi connectivity index (χ0v) is 21.6. The van der Waals surface area contributed by atoms with Crippen molar-refractivity contribution < 1.29 is 23.8 Å². The van der Waals surface area contributed by atoms with Crippen LogP contribution in [0, 0.1) is 0 Å². The van der Waals surface area contributed by atoms with E-state index in [0.717, 1.165) is 28.9 Å². The number of methoxy groups -OCH3 is 1. The van der Waals surface area contributed by atoms with Gasteiger partial charge in [-0.3, -0.25) is 9.59 Å². The Morgan fingerprint density at radius 3 is 2.38 bits per heavy atom. The summed E-state index contributed by atoms with van der Waals surface area (Å²) in [4.78, 5) is 39.3. The molecule has 0 saturated heterocycles. The molecule has 4 aromatic rings. The van der Waals surface area contributed by atoms with Crippen molar-refractivity contribution in [2.45, 2.75) is 26.7 Å². The van der Waals surface area contributed by atoms with Crippen molar-refractivity contribution in [1.29, 1.82) is 0 Å². The van der Waals surface area contributed by atoms with Crippen LogP contribution in [0.5, 0.6) is 11.5 Å². The number of nitrogens with zero attached hydrogens (tertiary/aromatic N) is 2. The van der Waals surface area contributed by atoms with Crippen molar-refractivity contribution in [3.05, 3.63) is 75.5 Å². The first kappa shape index (κ1) is 25.9. The van der Waals surface area contributed by atoms with Crippen molar-refractivity contribution in [1.82, 2.24) is 9.78 Å². The molecule has 0 unspecified atom stereocenters. The molecular weight excluding hydrogens is 494 g/mol. The summed E-state index contributed by atoms with van der Waals surface area (Å²) in [5.41, 5.74) is 0.335. The first-order valence-corrected chi connectivity index (χ1v) is 12.7. The summed E-state index contributed by atoms with van der Waals surface area (Å²) < 4.78 is 17.1. The summed E-state index contributed by atoms with van der Waals surface area (Å²) in [6.45, 7) is 4.53. The maximum absolute atomic E-state index is 13.5. The molecule has 37 heavy (non-hydrogen) atoms. The number of hydrogen-bond donors (Lipinski definition) is 1.